The van der Waals surface area contributed by atoms with Gasteiger partial charge in [0.2, 0.25) is 0 Å². The van der Waals surface area contributed by atoms with Crippen molar-refractivity contribution in [1.29, 1.82) is 0 Å². The van der Waals surface area contributed by atoms with Crippen LogP contribution in [0.25, 0.3) is 0 Å². The van der Waals surface area contributed by atoms with E-state index in [0.717, 1.165) is 19.3 Å². The number of aliphatic carboxylic acids is 3. The number of carboxylic acid groups (broad SMARTS) is 3. The zero-order valence-corrected chi connectivity index (χ0v) is 25.8. The average molecular weight is 556 g/mol. The molecule has 7 nitrogen and oxygen atoms in total. The van der Waals surface area contributed by atoms with E-state index in [1.165, 1.54) is 96.3 Å². The standard InChI is InChI=1S/C32H61NO6/c1-5-6-7-8-9-10-11-12-13-14-15-16-17-18-19-20-21-22-23-33(24-27(2)30(34)35,25-28(3)31(36)37)26-29(4)32(38)39/h27-29H,5-26H2,1-4H3,(H2-,34,35,36,37,38,39). The second-order valence-electron chi connectivity index (χ2n) is 12.3. The Bertz CT molecular complexity index is 598. The summed E-state index contributed by atoms with van der Waals surface area (Å²) in [6, 6.07) is 0. The quantitative estimate of drug-likeness (QED) is 0.0823. The van der Waals surface area contributed by atoms with Crippen molar-refractivity contribution in [2.45, 2.75) is 143 Å². The number of quaternary nitrogens is 1. The lowest BCUT2D eigenvalue weighted by Gasteiger charge is -2.43. The summed E-state index contributed by atoms with van der Waals surface area (Å²) in [5.41, 5.74) is 0. The van der Waals surface area contributed by atoms with E-state index in [1.54, 1.807) is 20.8 Å². The van der Waals surface area contributed by atoms with Crippen LogP contribution in [0.15, 0.2) is 0 Å². The molecule has 0 rings (SSSR count). The van der Waals surface area contributed by atoms with Gasteiger partial charge in [-0.3, -0.25) is 9.59 Å². The Labute approximate surface area is 239 Å². The summed E-state index contributed by atoms with van der Waals surface area (Å²) in [5.74, 6) is -5.21. The highest BCUT2D eigenvalue weighted by Gasteiger charge is 2.36. The van der Waals surface area contributed by atoms with Crippen molar-refractivity contribution >= 4 is 17.9 Å². The summed E-state index contributed by atoms with van der Waals surface area (Å²) < 4.78 is 0.189. The van der Waals surface area contributed by atoms with Crippen LogP contribution in [0.2, 0.25) is 0 Å². The van der Waals surface area contributed by atoms with Crippen molar-refractivity contribution in [3.8, 4) is 0 Å². The highest BCUT2D eigenvalue weighted by molar-refractivity contribution is 5.70. The molecule has 0 fully saturated rings. The Morgan fingerprint density at radius 2 is 0.821 bits per heavy atom. The molecular formula is C32H61NO6. The molecule has 0 radical (unpaired) electrons. The molecule has 0 heterocycles. The van der Waals surface area contributed by atoms with E-state index in [4.69, 9.17) is 0 Å². The van der Waals surface area contributed by atoms with E-state index in [1.807, 2.05) is 0 Å². The van der Waals surface area contributed by atoms with E-state index in [-0.39, 0.29) is 24.1 Å². The summed E-state index contributed by atoms with van der Waals surface area (Å²) in [4.78, 5) is 34.7. The Morgan fingerprint density at radius 1 is 0.538 bits per heavy atom. The van der Waals surface area contributed by atoms with Crippen LogP contribution in [-0.4, -0.2) is 58.8 Å². The molecule has 39 heavy (non-hydrogen) atoms. The predicted octanol–water partition coefficient (Wildman–Crippen LogP) is 6.67. The molecule has 0 aliphatic carbocycles. The number of nitrogens with zero attached hydrogens (tertiary/aromatic N) is 1. The van der Waals surface area contributed by atoms with E-state index in [9.17, 15) is 29.7 Å². The number of carboxylic acids is 3. The minimum absolute atomic E-state index is 0.189. The summed E-state index contributed by atoms with van der Waals surface area (Å²) in [6.45, 7) is 8.28. The minimum atomic E-state index is -1.18. The lowest BCUT2D eigenvalue weighted by molar-refractivity contribution is -0.934. The van der Waals surface area contributed by atoms with Gasteiger partial charge in [0.25, 0.3) is 0 Å². The van der Waals surface area contributed by atoms with Crippen molar-refractivity contribution in [1.82, 2.24) is 0 Å². The SMILES string of the molecule is CCCCCCCCCCCCCCCCCCCC[N+](CC(C)C(=O)[O-])(CC(C)C(=O)O)CC(C)C(=O)O. The van der Waals surface area contributed by atoms with E-state index in [0.29, 0.717) is 6.54 Å². The van der Waals surface area contributed by atoms with Gasteiger partial charge in [0.15, 0.2) is 0 Å². The third kappa shape index (κ3) is 20.0. The Morgan fingerprint density at radius 3 is 1.10 bits per heavy atom. The molecule has 0 bridgehead atoms. The fourth-order valence-electron chi connectivity index (χ4n) is 5.82. The van der Waals surface area contributed by atoms with Crippen LogP contribution in [0, 0.1) is 17.8 Å². The van der Waals surface area contributed by atoms with Gasteiger partial charge >= 0.3 is 11.9 Å². The largest absolute Gasteiger partial charge is 0.550 e. The summed E-state index contributed by atoms with van der Waals surface area (Å²) in [7, 11) is 0. The average Bonchev–Trinajstić information content (AvgIpc) is 2.87. The third-order valence-electron chi connectivity index (χ3n) is 8.21. The molecule has 0 saturated carbocycles. The first-order chi connectivity index (χ1) is 18.5. The molecule has 0 spiro atoms. The van der Waals surface area contributed by atoms with Gasteiger partial charge in [0.05, 0.1) is 26.2 Å². The van der Waals surface area contributed by atoms with Crippen molar-refractivity contribution in [3.05, 3.63) is 0 Å². The molecule has 230 valence electrons. The molecule has 0 aromatic rings. The zero-order chi connectivity index (χ0) is 29.5. The molecule has 0 aliphatic heterocycles. The van der Waals surface area contributed by atoms with Crippen LogP contribution < -0.4 is 5.11 Å². The predicted molar refractivity (Wildman–Crippen MR) is 156 cm³/mol. The van der Waals surface area contributed by atoms with Crippen LogP contribution >= 0.6 is 0 Å². The van der Waals surface area contributed by atoms with Crippen molar-refractivity contribution in [3.63, 3.8) is 0 Å². The number of hydrogen-bond donors (Lipinski definition) is 2. The smallest absolute Gasteiger partial charge is 0.311 e. The molecule has 0 aromatic carbocycles. The van der Waals surface area contributed by atoms with Crippen LogP contribution in [0.1, 0.15) is 143 Å². The highest BCUT2D eigenvalue weighted by atomic mass is 16.4. The second kappa shape index (κ2) is 23.1. The van der Waals surface area contributed by atoms with Crippen molar-refractivity contribution in [2.24, 2.45) is 17.8 Å². The maximum atomic E-state index is 11.6. The van der Waals surface area contributed by atoms with E-state index < -0.39 is 35.7 Å². The number of unbranched alkanes of at least 4 members (excludes halogenated alkanes) is 17. The molecule has 3 unspecified atom stereocenters. The van der Waals surface area contributed by atoms with Gasteiger partial charge in [-0.05, 0) is 26.7 Å². The maximum Gasteiger partial charge on any atom is 0.311 e. The first-order valence-electron chi connectivity index (χ1n) is 16.1. The molecular weight excluding hydrogens is 494 g/mol. The van der Waals surface area contributed by atoms with Gasteiger partial charge < -0.3 is 24.6 Å². The second-order valence-corrected chi connectivity index (χ2v) is 12.3. The van der Waals surface area contributed by atoms with Gasteiger partial charge in [0, 0.05) is 11.9 Å². The topological polar surface area (TPSA) is 115 Å². The van der Waals surface area contributed by atoms with Crippen LogP contribution in [0.4, 0.5) is 0 Å². The van der Waals surface area contributed by atoms with Gasteiger partial charge in [-0.1, -0.05) is 117 Å². The van der Waals surface area contributed by atoms with Gasteiger partial charge in [-0.2, -0.15) is 0 Å². The lowest BCUT2D eigenvalue weighted by atomic mass is 10.00. The van der Waals surface area contributed by atoms with Crippen LogP contribution in [-0.2, 0) is 14.4 Å². The molecule has 2 N–H and O–H groups in total. The fraction of sp³-hybridized carbons (Fsp3) is 0.906. The number of rotatable bonds is 28. The van der Waals surface area contributed by atoms with E-state index in [2.05, 4.69) is 6.92 Å². The summed E-state index contributed by atoms with van der Waals surface area (Å²) in [5, 5.41) is 30.5. The first-order valence-corrected chi connectivity index (χ1v) is 16.1. The Kier molecular flexibility index (Phi) is 22.1. The molecule has 0 aliphatic rings. The lowest BCUT2D eigenvalue weighted by Crippen LogP contribution is -2.58. The molecule has 7 heteroatoms. The Hall–Kier alpha value is -1.63. The maximum absolute atomic E-state index is 11.6. The third-order valence-corrected chi connectivity index (χ3v) is 8.21. The van der Waals surface area contributed by atoms with E-state index >= 15 is 0 Å². The fourth-order valence-corrected chi connectivity index (χ4v) is 5.82. The van der Waals surface area contributed by atoms with Crippen molar-refractivity contribution in [2.75, 3.05) is 26.2 Å². The summed E-state index contributed by atoms with van der Waals surface area (Å²) in [6.07, 6.45) is 23.0. The van der Waals surface area contributed by atoms with Gasteiger partial charge in [0.1, 0.15) is 11.8 Å². The summed E-state index contributed by atoms with van der Waals surface area (Å²) >= 11 is 0. The van der Waals surface area contributed by atoms with Gasteiger partial charge in [-0.25, -0.2) is 0 Å². The van der Waals surface area contributed by atoms with Crippen LogP contribution in [0.3, 0.4) is 0 Å². The van der Waals surface area contributed by atoms with Crippen LogP contribution in [0.5, 0.6) is 0 Å². The normalized spacial score (nSPS) is 15.4. The molecule has 0 aromatic heterocycles. The zero-order valence-electron chi connectivity index (χ0n) is 25.8. The number of carbonyl (C=O) groups excluding carboxylic acids is 1. The van der Waals surface area contributed by atoms with Crippen molar-refractivity contribution < 1.29 is 34.2 Å². The molecule has 0 saturated heterocycles. The number of hydrogen-bond acceptors (Lipinski definition) is 4. The first kappa shape index (κ1) is 37.4. The Balaban J connectivity index is 4.31. The molecule has 0 amide bonds. The van der Waals surface area contributed by atoms with Gasteiger partial charge in [-0.15, -0.1) is 0 Å². The monoisotopic (exact) mass is 555 g/mol. The highest BCUT2D eigenvalue weighted by Crippen LogP contribution is 2.22. The molecule has 3 atom stereocenters. The number of carbonyl (C=O) groups is 3. The minimum Gasteiger partial charge on any atom is -0.550 e.